The number of anilines is 1. The van der Waals surface area contributed by atoms with Crippen molar-refractivity contribution in [2.75, 3.05) is 5.32 Å². The van der Waals surface area contributed by atoms with Crippen LogP contribution in [0.15, 0.2) is 17.0 Å². The van der Waals surface area contributed by atoms with Gasteiger partial charge in [0.15, 0.2) is 0 Å². The van der Waals surface area contributed by atoms with E-state index < -0.39 is 10.0 Å². The molecule has 1 fully saturated rings. The third-order valence-electron chi connectivity index (χ3n) is 3.31. The number of nitrogens with two attached hydrogens (primary N) is 1. The Kier molecular flexibility index (Phi) is 3.85. The fraction of sp³-hybridized carbons (Fsp3) is 0.417. The maximum Gasteiger partial charge on any atom is 0.238 e. The van der Waals surface area contributed by atoms with Crippen LogP contribution in [0, 0.1) is 12.8 Å². The topological polar surface area (TPSA) is 89.3 Å². The number of hydrogen-bond acceptors (Lipinski definition) is 3. The third kappa shape index (κ3) is 3.08. The normalized spacial score (nSPS) is 15.9. The largest absolute Gasteiger partial charge is 0.324 e. The van der Waals surface area contributed by atoms with Gasteiger partial charge in [-0.3, -0.25) is 4.79 Å². The number of aryl methyl sites for hydroxylation is 1. The van der Waals surface area contributed by atoms with Crippen molar-refractivity contribution >= 4 is 33.2 Å². The van der Waals surface area contributed by atoms with Crippen LogP contribution in [0.1, 0.15) is 24.8 Å². The third-order valence-corrected chi connectivity index (χ3v) is 4.50. The summed E-state index contributed by atoms with van der Waals surface area (Å²) in [5.41, 5.74) is 1.02. The second-order valence-corrected chi connectivity index (χ2v) is 6.73. The molecule has 0 atom stereocenters. The van der Waals surface area contributed by atoms with E-state index in [4.69, 9.17) is 16.7 Å². The van der Waals surface area contributed by atoms with Gasteiger partial charge in [0.05, 0.1) is 15.6 Å². The van der Waals surface area contributed by atoms with Gasteiger partial charge < -0.3 is 5.32 Å². The number of carbonyl (C=O) groups excluding carboxylic acids is 1. The molecular formula is C12H15ClN2O3S. The molecule has 1 aliphatic rings. The Morgan fingerprint density at radius 2 is 2.05 bits per heavy atom. The first kappa shape index (κ1) is 14.3. The van der Waals surface area contributed by atoms with Gasteiger partial charge in [0.1, 0.15) is 0 Å². The molecule has 0 aromatic heterocycles. The SMILES string of the molecule is Cc1cc(S(N)(=O)=O)cc(Cl)c1NC(=O)C1CCC1. The molecule has 0 aliphatic heterocycles. The van der Waals surface area contributed by atoms with Gasteiger partial charge in [0, 0.05) is 5.92 Å². The van der Waals surface area contributed by atoms with E-state index >= 15 is 0 Å². The zero-order chi connectivity index (χ0) is 14.2. The minimum Gasteiger partial charge on any atom is -0.324 e. The lowest BCUT2D eigenvalue weighted by molar-refractivity contribution is -0.122. The number of nitrogens with one attached hydrogen (secondary N) is 1. The van der Waals surface area contributed by atoms with Gasteiger partial charge >= 0.3 is 0 Å². The van der Waals surface area contributed by atoms with Crippen molar-refractivity contribution in [3.8, 4) is 0 Å². The molecule has 1 aromatic rings. The lowest BCUT2D eigenvalue weighted by Gasteiger charge is -2.24. The summed E-state index contributed by atoms with van der Waals surface area (Å²) in [5, 5.41) is 7.98. The average Bonchev–Trinajstić information content (AvgIpc) is 2.19. The molecule has 1 aromatic carbocycles. The van der Waals surface area contributed by atoms with Crippen LogP contribution in [-0.2, 0) is 14.8 Å². The number of carbonyl (C=O) groups is 1. The molecule has 0 radical (unpaired) electrons. The maximum absolute atomic E-state index is 11.9. The maximum atomic E-state index is 11.9. The predicted octanol–water partition coefficient (Wildman–Crippen LogP) is 2.03. The minimum absolute atomic E-state index is 0.0355. The molecule has 7 heteroatoms. The zero-order valence-corrected chi connectivity index (χ0v) is 12.0. The van der Waals surface area contributed by atoms with Crippen LogP contribution in [0.5, 0.6) is 0 Å². The molecule has 0 heterocycles. The van der Waals surface area contributed by atoms with E-state index in [0.717, 1.165) is 19.3 Å². The predicted molar refractivity (Wildman–Crippen MR) is 73.5 cm³/mol. The number of primary sulfonamides is 1. The lowest BCUT2D eigenvalue weighted by Crippen LogP contribution is -2.28. The number of benzene rings is 1. The monoisotopic (exact) mass is 302 g/mol. The summed E-state index contributed by atoms with van der Waals surface area (Å²) >= 11 is 6.02. The van der Waals surface area contributed by atoms with Crippen LogP contribution < -0.4 is 10.5 Å². The van der Waals surface area contributed by atoms with Crippen molar-refractivity contribution in [1.82, 2.24) is 0 Å². The number of amides is 1. The summed E-state index contributed by atoms with van der Waals surface area (Å²) in [6, 6.07) is 2.65. The lowest BCUT2D eigenvalue weighted by atomic mass is 9.85. The van der Waals surface area contributed by atoms with Crippen molar-refractivity contribution in [3.05, 3.63) is 22.7 Å². The van der Waals surface area contributed by atoms with Crippen LogP contribution in [0.25, 0.3) is 0 Å². The van der Waals surface area contributed by atoms with E-state index in [0.29, 0.717) is 11.3 Å². The van der Waals surface area contributed by atoms with Crippen LogP contribution >= 0.6 is 11.6 Å². The highest BCUT2D eigenvalue weighted by molar-refractivity contribution is 7.89. The van der Waals surface area contributed by atoms with Gasteiger partial charge in [-0.25, -0.2) is 13.6 Å². The molecule has 0 unspecified atom stereocenters. The Morgan fingerprint density at radius 1 is 1.42 bits per heavy atom. The van der Waals surface area contributed by atoms with E-state index in [1.54, 1.807) is 6.92 Å². The smallest absolute Gasteiger partial charge is 0.238 e. The second kappa shape index (κ2) is 5.11. The number of halogens is 1. The summed E-state index contributed by atoms with van der Waals surface area (Å²) in [5.74, 6) is -0.0343. The van der Waals surface area contributed by atoms with Gasteiger partial charge in [-0.05, 0) is 37.5 Å². The number of hydrogen-bond donors (Lipinski definition) is 2. The molecule has 3 N–H and O–H groups in total. The molecule has 2 rings (SSSR count). The van der Waals surface area contributed by atoms with Crippen molar-refractivity contribution < 1.29 is 13.2 Å². The molecule has 1 amide bonds. The summed E-state index contributed by atoms with van der Waals surface area (Å²) in [7, 11) is -3.80. The summed E-state index contributed by atoms with van der Waals surface area (Å²) in [6.07, 6.45) is 2.84. The molecular weight excluding hydrogens is 288 g/mol. The Balaban J connectivity index is 2.29. The fourth-order valence-corrected chi connectivity index (χ4v) is 2.93. The van der Waals surface area contributed by atoms with E-state index in [1.165, 1.54) is 12.1 Å². The number of rotatable bonds is 3. The first-order chi connectivity index (χ1) is 8.79. The van der Waals surface area contributed by atoms with Crippen LogP contribution in [0.4, 0.5) is 5.69 Å². The van der Waals surface area contributed by atoms with Gasteiger partial charge in [-0.2, -0.15) is 0 Å². The average molecular weight is 303 g/mol. The van der Waals surface area contributed by atoms with E-state index in [2.05, 4.69) is 5.32 Å². The van der Waals surface area contributed by atoms with Gasteiger partial charge in [-0.15, -0.1) is 0 Å². The van der Waals surface area contributed by atoms with Gasteiger partial charge in [0.25, 0.3) is 0 Å². The molecule has 1 aliphatic carbocycles. The fourth-order valence-electron chi connectivity index (χ4n) is 1.93. The highest BCUT2D eigenvalue weighted by atomic mass is 35.5. The standard InChI is InChI=1S/C12H15ClN2O3S/c1-7-5-9(19(14,17)18)6-10(13)11(7)15-12(16)8-3-2-4-8/h5-6,8H,2-4H2,1H3,(H,15,16)(H2,14,17,18). The van der Waals surface area contributed by atoms with Crippen LogP contribution in [0.2, 0.25) is 5.02 Å². The van der Waals surface area contributed by atoms with E-state index in [-0.39, 0.29) is 21.7 Å². The highest BCUT2D eigenvalue weighted by Crippen LogP contribution is 2.32. The van der Waals surface area contributed by atoms with Crippen molar-refractivity contribution in [2.24, 2.45) is 11.1 Å². The van der Waals surface area contributed by atoms with Crippen molar-refractivity contribution in [1.29, 1.82) is 0 Å². The van der Waals surface area contributed by atoms with Crippen LogP contribution in [0.3, 0.4) is 0 Å². The molecule has 0 bridgehead atoms. The molecule has 19 heavy (non-hydrogen) atoms. The molecule has 1 saturated carbocycles. The Morgan fingerprint density at radius 3 is 2.47 bits per heavy atom. The van der Waals surface area contributed by atoms with Crippen molar-refractivity contribution in [2.45, 2.75) is 31.1 Å². The minimum atomic E-state index is -3.80. The molecule has 104 valence electrons. The van der Waals surface area contributed by atoms with E-state index in [1.807, 2.05) is 0 Å². The van der Waals surface area contributed by atoms with Crippen molar-refractivity contribution in [3.63, 3.8) is 0 Å². The summed E-state index contributed by atoms with van der Waals surface area (Å²) < 4.78 is 22.5. The Labute approximate surface area is 117 Å². The first-order valence-corrected chi connectivity index (χ1v) is 7.85. The first-order valence-electron chi connectivity index (χ1n) is 5.93. The Bertz CT molecular complexity index is 601. The number of sulfonamides is 1. The summed E-state index contributed by atoms with van der Waals surface area (Å²) in [6.45, 7) is 1.68. The molecule has 0 spiro atoms. The van der Waals surface area contributed by atoms with Gasteiger partial charge in [0.2, 0.25) is 15.9 Å². The quantitative estimate of drug-likeness (QED) is 0.895. The second-order valence-electron chi connectivity index (χ2n) is 4.76. The zero-order valence-electron chi connectivity index (χ0n) is 10.4. The highest BCUT2D eigenvalue weighted by Gasteiger charge is 2.26. The van der Waals surface area contributed by atoms with Crippen LogP contribution in [-0.4, -0.2) is 14.3 Å². The molecule has 5 nitrogen and oxygen atoms in total. The summed E-state index contributed by atoms with van der Waals surface area (Å²) in [4.78, 5) is 11.8. The Hall–Kier alpha value is -1.11. The molecule has 0 saturated heterocycles. The van der Waals surface area contributed by atoms with E-state index in [9.17, 15) is 13.2 Å². The van der Waals surface area contributed by atoms with Gasteiger partial charge in [-0.1, -0.05) is 18.0 Å².